The molecule has 0 spiro atoms. The largest absolute Gasteiger partial charge is 0.277 e. The van der Waals surface area contributed by atoms with Crippen molar-refractivity contribution in [3.05, 3.63) is 65.9 Å². The smallest absolute Gasteiger partial charge is 0.276 e. The van der Waals surface area contributed by atoms with Crippen LogP contribution in [0.4, 0.5) is 8.78 Å². The number of fused-ring (bicyclic) bond motifs is 1. The Hall–Kier alpha value is -3.37. The molecule has 0 aliphatic carbocycles. The third kappa shape index (κ3) is 3.87. The zero-order valence-electron chi connectivity index (χ0n) is 16.8. The fourth-order valence-electron chi connectivity index (χ4n) is 3.12. The van der Waals surface area contributed by atoms with Crippen molar-refractivity contribution in [3.8, 4) is 17.2 Å². The van der Waals surface area contributed by atoms with Gasteiger partial charge >= 0.3 is 0 Å². The minimum absolute atomic E-state index is 0.101. The lowest BCUT2D eigenvalue weighted by atomic mass is 10.2. The highest BCUT2D eigenvalue weighted by Crippen LogP contribution is 2.31. The molecule has 7 nitrogen and oxygen atoms in total. The normalized spacial score (nSPS) is 11.1. The van der Waals surface area contributed by atoms with Gasteiger partial charge in [-0.25, -0.2) is 28.8 Å². The molecule has 2 heterocycles. The van der Waals surface area contributed by atoms with E-state index in [2.05, 4.69) is 15.0 Å². The van der Waals surface area contributed by atoms with E-state index in [0.717, 1.165) is 17.2 Å². The maximum atomic E-state index is 14.7. The Morgan fingerprint density at radius 3 is 2.65 bits per heavy atom. The molecular weight excluding hydrogens is 424 g/mol. The first kappa shape index (κ1) is 20.9. The summed E-state index contributed by atoms with van der Waals surface area (Å²) in [6.07, 6.45) is 3.44. The molecule has 0 N–H and O–H groups in total. The summed E-state index contributed by atoms with van der Waals surface area (Å²) in [7, 11) is 2.88. The maximum absolute atomic E-state index is 14.7. The van der Waals surface area contributed by atoms with E-state index in [9.17, 15) is 13.6 Å². The van der Waals surface area contributed by atoms with Gasteiger partial charge in [-0.2, -0.15) is 0 Å². The molecule has 2 aromatic heterocycles. The van der Waals surface area contributed by atoms with Gasteiger partial charge in [-0.15, -0.1) is 0 Å². The number of nitrogens with zero attached hydrogens (tertiary/aromatic N) is 5. The van der Waals surface area contributed by atoms with Gasteiger partial charge in [0.05, 0.1) is 23.7 Å². The van der Waals surface area contributed by atoms with E-state index in [-0.39, 0.29) is 17.3 Å². The van der Waals surface area contributed by atoms with Crippen molar-refractivity contribution in [2.75, 3.05) is 20.4 Å². The summed E-state index contributed by atoms with van der Waals surface area (Å²) in [6, 6.07) is 9.87. The molecule has 4 rings (SSSR count). The predicted octanol–water partition coefficient (Wildman–Crippen LogP) is 4.12. The van der Waals surface area contributed by atoms with Gasteiger partial charge in [0.2, 0.25) is 0 Å². The van der Waals surface area contributed by atoms with Crippen molar-refractivity contribution < 1.29 is 18.4 Å². The highest BCUT2D eigenvalue weighted by Gasteiger charge is 2.21. The van der Waals surface area contributed by atoms with Gasteiger partial charge in [0.1, 0.15) is 23.3 Å². The van der Waals surface area contributed by atoms with Crippen LogP contribution in [0.3, 0.4) is 0 Å². The van der Waals surface area contributed by atoms with Gasteiger partial charge < -0.3 is 0 Å². The Kier molecular flexibility index (Phi) is 5.66. The number of carbonyl (C=O) groups is 1. The predicted molar refractivity (Wildman–Crippen MR) is 113 cm³/mol. The molecule has 0 bridgehead atoms. The van der Waals surface area contributed by atoms with Crippen molar-refractivity contribution in [1.29, 1.82) is 0 Å². The molecule has 31 heavy (non-hydrogen) atoms. The Labute approximate surface area is 180 Å². The summed E-state index contributed by atoms with van der Waals surface area (Å²) >= 11 is 1.36. The fourth-order valence-corrected chi connectivity index (χ4v) is 3.47. The number of aromatic nitrogens is 4. The first-order valence-electron chi connectivity index (χ1n) is 9.10. The third-order valence-electron chi connectivity index (χ3n) is 4.66. The van der Waals surface area contributed by atoms with Crippen LogP contribution in [-0.4, -0.2) is 50.9 Å². The maximum Gasteiger partial charge on any atom is 0.277 e. The van der Waals surface area contributed by atoms with Crippen molar-refractivity contribution in [1.82, 2.24) is 24.6 Å². The fraction of sp³-hybridized carbons (Fsp3) is 0.143. The summed E-state index contributed by atoms with van der Waals surface area (Å²) in [6.45, 7) is 0. The van der Waals surface area contributed by atoms with E-state index >= 15 is 0 Å². The second-order valence-electron chi connectivity index (χ2n) is 6.49. The summed E-state index contributed by atoms with van der Waals surface area (Å²) in [4.78, 5) is 30.7. The van der Waals surface area contributed by atoms with E-state index in [0.29, 0.717) is 27.6 Å². The number of halogens is 2. The van der Waals surface area contributed by atoms with Crippen molar-refractivity contribution in [3.63, 3.8) is 0 Å². The monoisotopic (exact) mass is 441 g/mol. The minimum Gasteiger partial charge on any atom is -0.276 e. The third-order valence-corrected chi connectivity index (χ3v) is 5.23. The number of thioether (sulfide) groups is 1. The number of amides is 1. The van der Waals surface area contributed by atoms with Gasteiger partial charge in [-0.3, -0.25) is 14.2 Å². The Morgan fingerprint density at radius 2 is 1.94 bits per heavy atom. The van der Waals surface area contributed by atoms with Crippen LogP contribution >= 0.6 is 11.8 Å². The van der Waals surface area contributed by atoms with Crippen molar-refractivity contribution >= 4 is 28.7 Å². The van der Waals surface area contributed by atoms with E-state index in [1.165, 1.54) is 32.0 Å². The standard InChI is InChI=1S/C21H17F2N5O2S/c1-27(30-2)20(29)12-4-7-17-16(10-12)25-19(14-6-5-13(22)11-15(14)23)28(17)18-8-9-24-21(26-18)31-3/h4-11H,1-3H3. The van der Waals surface area contributed by atoms with Crippen LogP contribution in [0.15, 0.2) is 53.8 Å². The molecule has 0 radical (unpaired) electrons. The molecule has 0 atom stereocenters. The molecule has 158 valence electrons. The number of hydrogen-bond donors (Lipinski definition) is 0. The van der Waals surface area contributed by atoms with E-state index in [4.69, 9.17) is 4.84 Å². The molecule has 4 aromatic rings. The van der Waals surface area contributed by atoms with Gasteiger partial charge in [0, 0.05) is 24.9 Å². The molecule has 0 aliphatic rings. The number of imidazole rings is 1. The first-order chi connectivity index (χ1) is 14.9. The molecule has 1 amide bonds. The van der Waals surface area contributed by atoms with E-state index in [1.807, 2.05) is 6.26 Å². The van der Waals surface area contributed by atoms with Gasteiger partial charge in [-0.05, 0) is 42.7 Å². The van der Waals surface area contributed by atoms with E-state index < -0.39 is 11.6 Å². The number of hydroxylamine groups is 2. The van der Waals surface area contributed by atoms with Crippen LogP contribution in [-0.2, 0) is 4.84 Å². The van der Waals surface area contributed by atoms with E-state index in [1.54, 1.807) is 35.0 Å². The number of rotatable bonds is 5. The molecule has 10 heteroatoms. The number of hydrogen-bond acceptors (Lipinski definition) is 6. The first-order valence-corrected chi connectivity index (χ1v) is 10.3. The highest BCUT2D eigenvalue weighted by molar-refractivity contribution is 7.98. The van der Waals surface area contributed by atoms with Crippen molar-refractivity contribution in [2.45, 2.75) is 5.16 Å². The number of benzene rings is 2. The van der Waals surface area contributed by atoms with Crippen LogP contribution < -0.4 is 0 Å². The molecule has 0 unspecified atom stereocenters. The van der Waals surface area contributed by atoms with Gasteiger partial charge in [-0.1, -0.05) is 11.8 Å². The highest BCUT2D eigenvalue weighted by atomic mass is 32.2. The molecule has 2 aromatic carbocycles. The molecular formula is C21H17F2N5O2S. The lowest BCUT2D eigenvalue weighted by molar-refractivity contribution is -0.0756. The second-order valence-corrected chi connectivity index (χ2v) is 7.26. The molecule has 0 aliphatic heterocycles. The summed E-state index contributed by atoms with van der Waals surface area (Å²) in [5, 5.41) is 1.62. The molecule has 0 saturated heterocycles. The Morgan fingerprint density at radius 1 is 1.13 bits per heavy atom. The number of carbonyl (C=O) groups excluding carboxylic acids is 1. The van der Waals surface area contributed by atoms with Crippen LogP contribution in [0.1, 0.15) is 10.4 Å². The average Bonchev–Trinajstić information content (AvgIpc) is 3.16. The quantitative estimate of drug-likeness (QED) is 0.264. The van der Waals surface area contributed by atoms with Crippen LogP contribution in [0.2, 0.25) is 0 Å². The topological polar surface area (TPSA) is 73.1 Å². The summed E-state index contributed by atoms with van der Waals surface area (Å²) < 4.78 is 29.8. The Balaban J connectivity index is 1.98. The zero-order chi connectivity index (χ0) is 22.1. The molecule has 0 saturated carbocycles. The lowest BCUT2D eigenvalue weighted by Crippen LogP contribution is -2.25. The van der Waals surface area contributed by atoms with Gasteiger partial charge in [0.15, 0.2) is 5.16 Å². The summed E-state index contributed by atoms with van der Waals surface area (Å²) in [5.74, 6) is -1.12. The zero-order valence-corrected chi connectivity index (χ0v) is 17.7. The average molecular weight is 441 g/mol. The lowest BCUT2D eigenvalue weighted by Gasteiger charge is -2.13. The SMILES string of the molecule is CON(C)C(=O)c1ccc2c(c1)nc(-c1ccc(F)cc1F)n2-c1ccnc(SC)n1. The van der Waals surface area contributed by atoms with Crippen LogP contribution in [0.5, 0.6) is 0 Å². The van der Waals surface area contributed by atoms with Crippen LogP contribution in [0, 0.1) is 11.6 Å². The Bertz CT molecular complexity index is 1290. The van der Waals surface area contributed by atoms with Crippen molar-refractivity contribution in [2.24, 2.45) is 0 Å². The van der Waals surface area contributed by atoms with Crippen LogP contribution in [0.25, 0.3) is 28.2 Å². The summed E-state index contributed by atoms with van der Waals surface area (Å²) in [5.41, 5.74) is 1.49. The van der Waals surface area contributed by atoms with Gasteiger partial charge in [0.25, 0.3) is 5.91 Å². The molecule has 0 fully saturated rings. The minimum atomic E-state index is -0.758. The second kappa shape index (κ2) is 8.40.